The number of nitrogens with zero attached hydrogens (tertiary/aromatic N) is 1. The van der Waals surface area contributed by atoms with Gasteiger partial charge in [-0.05, 0) is 17.7 Å². The summed E-state index contributed by atoms with van der Waals surface area (Å²) in [5.74, 6) is 0.0107. The summed E-state index contributed by atoms with van der Waals surface area (Å²) in [6.45, 7) is 0.310. The number of hydrogen-bond donors (Lipinski definition) is 0. The van der Waals surface area contributed by atoms with Gasteiger partial charge in [-0.1, -0.05) is 48.5 Å². The fourth-order valence-electron chi connectivity index (χ4n) is 1.90. The van der Waals surface area contributed by atoms with Crippen molar-refractivity contribution in [1.82, 2.24) is 0 Å². The molecular weight excluding hydrogens is 294 g/mol. The minimum Gasteiger partial charge on any atom is -0.266 e. The molecule has 5 heteroatoms. The average Bonchev–Trinajstić information content (AvgIpc) is 2.46. The van der Waals surface area contributed by atoms with Gasteiger partial charge in [-0.2, -0.15) is 0 Å². The smallest absolute Gasteiger partial charge is 0.236 e. The largest absolute Gasteiger partial charge is 0.266 e. The van der Waals surface area contributed by atoms with Crippen molar-refractivity contribution in [2.24, 2.45) is 0 Å². The summed E-state index contributed by atoms with van der Waals surface area (Å²) < 4.78 is 26.2. The van der Waals surface area contributed by atoms with Crippen molar-refractivity contribution in [2.45, 2.75) is 6.54 Å². The number of sulfonamides is 1. The van der Waals surface area contributed by atoms with Crippen molar-refractivity contribution in [3.8, 4) is 0 Å². The zero-order chi connectivity index (χ0) is 14.4. The van der Waals surface area contributed by atoms with Gasteiger partial charge in [0, 0.05) is 5.88 Å². The van der Waals surface area contributed by atoms with E-state index in [-0.39, 0.29) is 11.6 Å². The summed E-state index contributed by atoms with van der Waals surface area (Å²) in [5.41, 5.74) is 1.59. The molecule has 2 rings (SSSR count). The standard InChI is InChI=1S/C15H16ClNO2S/c16-11-12-20(18,19)17(15-9-5-2-6-10-15)13-14-7-3-1-4-8-14/h1-10H,11-13H2. The Bertz CT molecular complexity index is 629. The van der Waals surface area contributed by atoms with E-state index in [1.807, 2.05) is 48.5 Å². The van der Waals surface area contributed by atoms with E-state index in [4.69, 9.17) is 11.6 Å². The van der Waals surface area contributed by atoms with Gasteiger partial charge >= 0.3 is 0 Å². The molecule has 3 nitrogen and oxygen atoms in total. The molecular formula is C15H16ClNO2S. The van der Waals surface area contributed by atoms with Crippen LogP contribution in [0.4, 0.5) is 5.69 Å². The molecule has 106 valence electrons. The first kappa shape index (κ1) is 14.9. The number of halogens is 1. The van der Waals surface area contributed by atoms with Crippen LogP contribution in [0.5, 0.6) is 0 Å². The molecule has 2 aromatic carbocycles. The van der Waals surface area contributed by atoms with Crippen LogP contribution in [0.3, 0.4) is 0 Å². The predicted molar refractivity (Wildman–Crippen MR) is 83.6 cm³/mol. The van der Waals surface area contributed by atoms with Crippen LogP contribution < -0.4 is 4.31 Å². The molecule has 20 heavy (non-hydrogen) atoms. The van der Waals surface area contributed by atoms with Gasteiger partial charge in [0.1, 0.15) is 0 Å². The Hall–Kier alpha value is -1.52. The van der Waals surface area contributed by atoms with Gasteiger partial charge in [0.05, 0.1) is 18.0 Å². The summed E-state index contributed by atoms with van der Waals surface area (Å²) in [5, 5.41) is 0. The topological polar surface area (TPSA) is 37.4 Å². The molecule has 0 N–H and O–H groups in total. The normalized spacial score (nSPS) is 11.2. The number of para-hydroxylation sites is 1. The van der Waals surface area contributed by atoms with E-state index < -0.39 is 10.0 Å². The monoisotopic (exact) mass is 309 g/mol. The molecule has 0 bridgehead atoms. The minimum absolute atomic E-state index is 0.0731. The maximum absolute atomic E-state index is 12.4. The van der Waals surface area contributed by atoms with Crippen molar-refractivity contribution >= 4 is 27.3 Å². The van der Waals surface area contributed by atoms with E-state index in [1.54, 1.807) is 12.1 Å². The highest BCUT2D eigenvalue weighted by Crippen LogP contribution is 2.21. The Morgan fingerprint density at radius 2 is 1.45 bits per heavy atom. The number of benzene rings is 2. The summed E-state index contributed by atoms with van der Waals surface area (Å²) in [7, 11) is -3.42. The fraction of sp³-hybridized carbons (Fsp3) is 0.200. The lowest BCUT2D eigenvalue weighted by Gasteiger charge is -2.24. The molecule has 0 unspecified atom stereocenters. The minimum atomic E-state index is -3.42. The molecule has 0 spiro atoms. The third-order valence-electron chi connectivity index (χ3n) is 2.88. The van der Waals surface area contributed by atoms with Crippen LogP contribution in [-0.2, 0) is 16.6 Å². The van der Waals surface area contributed by atoms with Gasteiger partial charge in [-0.15, -0.1) is 11.6 Å². The van der Waals surface area contributed by atoms with Crippen molar-refractivity contribution in [3.63, 3.8) is 0 Å². The SMILES string of the molecule is O=S(=O)(CCCl)N(Cc1ccccc1)c1ccccc1. The zero-order valence-corrected chi connectivity index (χ0v) is 12.5. The Morgan fingerprint density at radius 1 is 0.900 bits per heavy atom. The van der Waals surface area contributed by atoms with Gasteiger partial charge in [0.15, 0.2) is 0 Å². The highest BCUT2D eigenvalue weighted by atomic mass is 35.5. The Morgan fingerprint density at radius 3 is 2.00 bits per heavy atom. The maximum Gasteiger partial charge on any atom is 0.236 e. The van der Waals surface area contributed by atoms with Crippen LogP contribution in [-0.4, -0.2) is 20.1 Å². The molecule has 0 saturated carbocycles. The van der Waals surface area contributed by atoms with E-state index >= 15 is 0 Å². The highest BCUT2D eigenvalue weighted by Gasteiger charge is 2.21. The zero-order valence-electron chi connectivity index (χ0n) is 10.9. The summed E-state index contributed by atoms with van der Waals surface area (Å²) in [4.78, 5) is 0. The molecule has 0 radical (unpaired) electrons. The van der Waals surface area contributed by atoms with Crippen LogP contribution >= 0.6 is 11.6 Å². The molecule has 0 atom stereocenters. The lowest BCUT2D eigenvalue weighted by Crippen LogP contribution is -2.33. The molecule has 2 aromatic rings. The second kappa shape index (κ2) is 6.77. The Balaban J connectivity index is 2.35. The van der Waals surface area contributed by atoms with E-state index in [0.29, 0.717) is 12.2 Å². The molecule has 0 aliphatic heterocycles. The van der Waals surface area contributed by atoms with Crippen LogP contribution in [0.2, 0.25) is 0 Å². The molecule has 0 saturated heterocycles. The Labute approximate surface area is 124 Å². The van der Waals surface area contributed by atoms with E-state index in [0.717, 1.165) is 5.56 Å². The Kier molecular flexibility index (Phi) is 5.04. The molecule has 0 heterocycles. The first-order valence-electron chi connectivity index (χ1n) is 6.29. The first-order valence-corrected chi connectivity index (χ1v) is 8.43. The third kappa shape index (κ3) is 3.74. The number of hydrogen-bond acceptors (Lipinski definition) is 2. The van der Waals surface area contributed by atoms with Gasteiger partial charge in [-0.25, -0.2) is 8.42 Å². The highest BCUT2D eigenvalue weighted by molar-refractivity contribution is 7.92. The summed E-state index contributed by atoms with van der Waals surface area (Å²) in [6, 6.07) is 18.6. The van der Waals surface area contributed by atoms with Gasteiger partial charge in [0.2, 0.25) is 10.0 Å². The molecule has 0 aliphatic carbocycles. The second-order valence-corrected chi connectivity index (χ2v) is 6.72. The van der Waals surface area contributed by atoms with Crippen LogP contribution in [0.1, 0.15) is 5.56 Å². The second-order valence-electron chi connectivity index (χ2n) is 4.33. The lowest BCUT2D eigenvalue weighted by molar-refractivity contribution is 0.592. The maximum atomic E-state index is 12.4. The van der Waals surface area contributed by atoms with E-state index in [1.165, 1.54) is 4.31 Å². The molecule has 0 fully saturated rings. The predicted octanol–water partition coefficient (Wildman–Crippen LogP) is 3.26. The third-order valence-corrected chi connectivity index (χ3v) is 5.03. The average molecular weight is 310 g/mol. The van der Waals surface area contributed by atoms with Gasteiger partial charge in [0.25, 0.3) is 0 Å². The van der Waals surface area contributed by atoms with Gasteiger partial charge < -0.3 is 0 Å². The molecule has 0 aromatic heterocycles. The fourth-order valence-corrected chi connectivity index (χ4v) is 3.69. The number of alkyl halides is 1. The summed E-state index contributed by atoms with van der Waals surface area (Å²) >= 11 is 5.61. The van der Waals surface area contributed by atoms with Crippen LogP contribution in [0.25, 0.3) is 0 Å². The van der Waals surface area contributed by atoms with Crippen LogP contribution in [0.15, 0.2) is 60.7 Å². The van der Waals surface area contributed by atoms with Crippen molar-refractivity contribution in [2.75, 3.05) is 15.9 Å². The number of anilines is 1. The quantitative estimate of drug-likeness (QED) is 0.768. The number of rotatable bonds is 6. The van der Waals surface area contributed by atoms with Crippen molar-refractivity contribution in [1.29, 1.82) is 0 Å². The van der Waals surface area contributed by atoms with Crippen molar-refractivity contribution in [3.05, 3.63) is 66.2 Å². The van der Waals surface area contributed by atoms with Crippen LogP contribution in [0, 0.1) is 0 Å². The molecule has 0 aliphatic rings. The summed E-state index contributed by atoms with van der Waals surface area (Å²) in [6.07, 6.45) is 0. The van der Waals surface area contributed by atoms with Gasteiger partial charge in [-0.3, -0.25) is 4.31 Å². The first-order chi connectivity index (χ1) is 9.63. The lowest BCUT2D eigenvalue weighted by atomic mass is 10.2. The van der Waals surface area contributed by atoms with E-state index in [2.05, 4.69) is 0 Å². The van der Waals surface area contributed by atoms with Crippen molar-refractivity contribution < 1.29 is 8.42 Å². The van der Waals surface area contributed by atoms with E-state index in [9.17, 15) is 8.42 Å². The molecule has 0 amide bonds.